The van der Waals surface area contributed by atoms with Gasteiger partial charge in [-0.15, -0.1) is 13.2 Å². The van der Waals surface area contributed by atoms with Crippen LogP contribution >= 0.6 is 0 Å². The third-order valence-electron chi connectivity index (χ3n) is 5.31. The molecule has 3 rings (SSSR count). The van der Waals surface area contributed by atoms with Crippen molar-refractivity contribution in [3.63, 3.8) is 0 Å². The molecule has 27 heavy (non-hydrogen) atoms. The van der Waals surface area contributed by atoms with Gasteiger partial charge in [0, 0.05) is 23.4 Å². The van der Waals surface area contributed by atoms with Gasteiger partial charge in [-0.1, -0.05) is 13.8 Å². The second-order valence-electron chi connectivity index (χ2n) is 7.44. The molecule has 6 nitrogen and oxygen atoms in total. The highest BCUT2D eigenvalue weighted by molar-refractivity contribution is 5.82. The highest BCUT2D eigenvalue weighted by Crippen LogP contribution is 2.46. The molecule has 0 saturated heterocycles. The number of carbonyl (C=O) groups excluding carboxylic acids is 1. The molecule has 0 N–H and O–H groups in total. The molecule has 1 aliphatic heterocycles. The summed E-state index contributed by atoms with van der Waals surface area (Å²) in [5, 5.41) is 9.17. The molecule has 1 amide bonds. The van der Waals surface area contributed by atoms with Crippen molar-refractivity contribution >= 4 is 5.91 Å². The lowest BCUT2D eigenvalue weighted by Crippen LogP contribution is -2.51. The summed E-state index contributed by atoms with van der Waals surface area (Å²) < 4.78 is 46.6. The predicted molar refractivity (Wildman–Crippen MR) is 87.3 cm³/mol. The SMILES string of the molecule is CC(C)(C(=O)N1CCOc2c(C#N)cncc2C1)C1CC(OC(F)(F)F)C1. The maximum absolute atomic E-state index is 13.1. The summed E-state index contributed by atoms with van der Waals surface area (Å²) >= 11 is 0. The van der Waals surface area contributed by atoms with Crippen LogP contribution in [0.3, 0.4) is 0 Å². The van der Waals surface area contributed by atoms with E-state index in [1.54, 1.807) is 24.9 Å². The minimum absolute atomic E-state index is 0.156. The van der Waals surface area contributed by atoms with E-state index in [1.807, 2.05) is 6.07 Å². The topological polar surface area (TPSA) is 75.5 Å². The highest BCUT2D eigenvalue weighted by atomic mass is 19.4. The summed E-state index contributed by atoms with van der Waals surface area (Å²) in [6.45, 7) is 4.31. The van der Waals surface area contributed by atoms with Crippen molar-refractivity contribution in [2.45, 2.75) is 45.7 Å². The Labute approximate surface area is 154 Å². The number of fused-ring (bicyclic) bond motifs is 1. The molecule has 1 aliphatic carbocycles. The van der Waals surface area contributed by atoms with E-state index >= 15 is 0 Å². The summed E-state index contributed by atoms with van der Waals surface area (Å²) in [5.41, 5.74) is 0.130. The van der Waals surface area contributed by atoms with Crippen LogP contribution in [0.25, 0.3) is 0 Å². The van der Waals surface area contributed by atoms with Crippen molar-refractivity contribution in [3.8, 4) is 11.8 Å². The average Bonchev–Trinajstić information content (AvgIpc) is 2.78. The van der Waals surface area contributed by atoms with E-state index in [9.17, 15) is 18.0 Å². The monoisotopic (exact) mass is 383 g/mol. The fraction of sp³-hybridized carbons (Fsp3) is 0.611. The zero-order chi connectivity index (χ0) is 19.8. The number of nitrogens with zero attached hydrogens (tertiary/aromatic N) is 3. The largest absolute Gasteiger partial charge is 0.522 e. The van der Waals surface area contributed by atoms with Crippen LogP contribution in [0.2, 0.25) is 0 Å². The van der Waals surface area contributed by atoms with Crippen molar-refractivity contribution in [1.82, 2.24) is 9.88 Å². The van der Waals surface area contributed by atoms with Gasteiger partial charge < -0.3 is 9.64 Å². The Balaban J connectivity index is 1.69. The number of nitriles is 1. The van der Waals surface area contributed by atoms with Crippen molar-refractivity contribution in [2.75, 3.05) is 13.2 Å². The first-order valence-corrected chi connectivity index (χ1v) is 8.65. The first kappa shape index (κ1) is 19.4. The normalized spacial score (nSPS) is 22.7. The Morgan fingerprint density at radius 1 is 1.37 bits per heavy atom. The van der Waals surface area contributed by atoms with Crippen molar-refractivity contribution in [1.29, 1.82) is 5.26 Å². The smallest absolute Gasteiger partial charge is 0.490 e. The maximum atomic E-state index is 13.1. The van der Waals surface area contributed by atoms with E-state index in [-0.39, 0.29) is 37.8 Å². The molecule has 1 aromatic heterocycles. The van der Waals surface area contributed by atoms with E-state index in [1.165, 1.54) is 6.20 Å². The molecule has 1 saturated carbocycles. The molecule has 0 atom stereocenters. The second kappa shape index (κ2) is 7.00. The van der Waals surface area contributed by atoms with Gasteiger partial charge in [0.05, 0.1) is 19.2 Å². The van der Waals surface area contributed by atoms with Gasteiger partial charge in [0.1, 0.15) is 24.0 Å². The number of alkyl halides is 3. The average molecular weight is 383 g/mol. The van der Waals surface area contributed by atoms with Crippen LogP contribution in [0.1, 0.15) is 37.8 Å². The lowest BCUT2D eigenvalue weighted by Gasteiger charge is -2.45. The molecule has 0 spiro atoms. The van der Waals surface area contributed by atoms with Crippen LogP contribution in [0.15, 0.2) is 12.4 Å². The minimum Gasteiger partial charge on any atom is -0.490 e. The Morgan fingerprint density at radius 2 is 2.07 bits per heavy atom. The first-order valence-electron chi connectivity index (χ1n) is 8.65. The van der Waals surface area contributed by atoms with Gasteiger partial charge in [-0.25, -0.2) is 0 Å². The van der Waals surface area contributed by atoms with Gasteiger partial charge in [-0.3, -0.25) is 14.5 Å². The molecule has 1 aromatic rings. The van der Waals surface area contributed by atoms with E-state index < -0.39 is 17.9 Å². The van der Waals surface area contributed by atoms with Crippen LogP contribution in [0, 0.1) is 22.7 Å². The zero-order valence-electron chi connectivity index (χ0n) is 15.0. The molecule has 146 valence electrons. The molecule has 1 fully saturated rings. The van der Waals surface area contributed by atoms with E-state index in [0.717, 1.165) is 0 Å². The van der Waals surface area contributed by atoms with E-state index in [4.69, 9.17) is 10.00 Å². The number of pyridine rings is 1. The quantitative estimate of drug-likeness (QED) is 0.802. The molecule has 0 aromatic carbocycles. The fourth-order valence-electron chi connectivity index (χ4n) is 3.59. The van der Waals surface area contributed by atoms with Crippen LogP contribution in [0.4, 0.5) is 13.2 Å². The molecular formula is C18H20F3N3O3. The summed E-state index contributed by atoms with van der Waals surface area (Å²) in [4.78, 5) is 18.7. The van der Waals surface area contributed by atoms with Crippen molar-refractivity contribution in [2.24, 2.45) is 11.3 Å². The number of rotatable bonds is 3. The predicted octanol–water partition coefficient (Wildman–Crippen LogP) is 3.02. The Kier molecular flexibility index (Phi) is 5.04. The highest BCUT2D eigenvalue weighted by Gasteiger charge is 2.49. The second-order valence-corrected chi connectivity index (χ2v) is 7.44. The number of hydrogen-bond donors (Lipinski definition) is 0. The summed E-state index contributed by atoms with van der Waals surface area (Å²) in [5.74, 6) is 0.0872. The van der Waals surface area contributed by atoms with Gasteiger partial charge in [0.25, 0.3) is 0 Å². The molecular weight excluding hydrogens is 363 g/mol. The number of aromatic nitrogens is 1. The standard InChI is InChI=1S/C18H20F3N3O3/c1-17(2,13-5-14(6-13)27-18(19,20)21)16(25)24-3-4-26-15-11(7-22)8-23-9-12(15)10-24/h8-9,13-14H,3-6,10H2,1-2H3. The van der Waals surface area contributed by atoms with Gasteiger partial charge in [0.15, 0.2) is 0 Å². The lowest BCUT2D eigenvalue weighted by molar-refractivity contribution is -0.356. The lowest BCUT2D eigenvalue weighted by atomic mass is 9.65. The summed E-state index contributed by atoms with van der Waals surface area (Å²) in [6.07, 6.45) is -2.18. The Bertz CT molecular complexity index is 767. The number of carbonyl (C=O) groups is 1. The number of halogens is 3. The molecule has 0 bridgehead atoms. The van der Waals surface area contributed by atoms with Crippen LogP contribution in [-0.2, 0) is 16.1 Å². The van der Waals surface area contributed by atoms with Gasteiger partial charge in [0.2, 0.25) is 5.91 Å². The number of hydrogen-bond acceptors (Lipinski definition) is 5. The molecule has 0 radical (unpaired) electrons. The summed E-state index contributed by atoms with van der Waals surface area (Å²) in [7, 11) is 0. The van der Waals surface area contributed by atoms with Gasteiger partial charge in [-0.2, -0.15) is 5.26 Å². The molecule has 9 heteroatoms. The van der Waals surface area contributed by atoms with Crippen molar-refractivity contribution < 1.29 is 27.4 Å². The minimum atomic E-state index is -4.65. The molecule has 2 heterocycles. The Morgan fingerprint density at radius 3 is 2.70 bits per heavy atom. The Hall–Kier alpha value is -2.34. The molecule has 2 aliphatic rings. The third kappa shape index (κ3) is 4.00. The number of amides is 1. The van der Waals surface area contributed by atoms with Gasteiger partial charge >= 0.3 is 6.36 Å². The van der Waals surface area contributed by atoms with E-state index in [2.05, 4.69) is 9.72 Å². The van der Waals surface area contributed by atoms with Crippen LogP contribution in [0.5, 0.6) is 5.75 Å². The summed E-state index contributed by atoms with van der Waals surface area (Å²) in [6, 6.07) is 2.02. The van der Waals surface area contributed by atoms with E-state index in [0.29, 0.717) is 23.4 Å². The fourth-order valence-corrected chi connectivity index (χ4v) is 3.59. The first-order chi connectivity index (χ1) is 12.6. The number of ether oxygens (including phenoxy) is 2. The van der Waals surface area contributed by atoms with Crippen LogP contribution in [-0.4, -0.2) is 41.4 Å². The zero-order valence-corrected chi connectivity index (χ0v) is 15.0. The van der Waals surface area contributed by atoms with Gasteiger partial charge in [-0.05, 0) is 18.8 Å². The third-order valence-corrected chi connectivity index (χ3v) is 5.31. The van der Waals surface area contributed by atoms with Crippen LogP contribution < -0.4 is 4.74 Å². The molecule has 0 unspecified atom stereocenters. The van der Waals surface area contributed by atoms with Crippen molar-refractivity contribution in [3.05, 3.63) is 23.5 Å². The maximum Gasteiger partial charge on any atom is 0.522 e.